The van der Waals surface area contributed by atoms with Crippen LogP contribution in [0.1, 0.15) is 10.4 Å². The fourth-order valence-corrected chi connectivity index (χ4v) is 2.45. The Hall–Kier alpha value is -2.93. The lowest BCUT2D eigenvalue weighted by molar-refractivity contribution is 0.102. The van der Waals surface area contributed by atoms with Crippen molar-refractivity contribution in [3.8, 4) is 17.1 Å². The number of rotatable bonds is 4. The van der Waals surface area contributed by atoms with Crippen molar-refractivity contribution in [2.45, 2.75) is 0 Å². The van der Waals surface area contributed by atoms with E-state index in [9.17, 15) is 13.6 Å². The van der Waals surface area contributed by atoms with E-state index in [1.54, 1.807) is 12.1 Å². The van der Waals surface area contributed by atoms with Crippen LogP contribution in [0.4, 0.5) is 14.5 Å². The lowest BCUT2D eigenvalue weighted by atomic mass is 10.1. The van der Waals surface area contributed by atoms with Crippen molar-refractivity contribution < 1.29 is 22.8 Å². The zero-order chi connectivity index (χ0) is 18.0. The molecule has 2 aromatic carbocycles. The zero-order valence-electron chi connectivity index (χ0n) is 12.8. The van der Waals surface area contributed by atoms with Gasteiger partial charge in [-0.15, -0.1) is 0 Å². The molecule has 0 spiro atoms. The number of hydrogen-bond donors (Lipinski definition) is 1. The number of amides is 1. The lowest BCUT2D eigenvalue weighted by Crippen LogP contribution is -2.12. The van der Waals surface area contributed by atoms with E-state index in [2.05, 4.69) is 10.5 Å². The molecule has 8 heteroatoms. The van der Waals surface area contributed by atoms with Gasteiger partial charge in [-0.25, -0.2) is 8.78 Å². The number of benzene rings is 2. The molecule has 5 nitrogen and oxygen atoms in total. The summed E-state index contributed by atoms with van der Waals surface area (Å²) in [6, 6.07) is 7.88. The molecular weight excluding hydrogens is 354 g/mol. The lowest BCUT2D eigenvalue weighted by Gasteiger charge is -2.08. The Morgan fingerprint density at radius 2 is 2.00 bits per heavy atom. The summed E-state index contributed by atoms with van der Waals surface area (Å²) >= 11 is 6.01. The summed E-state index contributed by atoms with van der Waals surface area (Å²) in [5.41, 5.74) is 0.681. The van der Waals surface area contributed by atoms with Crippen LogP contribution in [0.2, 0.25) is 5.02 Å². The third-order valence-corrected chi connectivity index (χ3v) is 3.70. The summed E-state index contributed by atoms with van der Waals surface area (Å²) in [4.78, 5) is 12.4. The van der Waals surface area contributed by atoms with Crippen LogP contribution < -0.4 is 10.1 Å². The van der Waals surface area contributed by atoms with Crippen LogP contribution in [-0.4, -0.2) is 18.2 Å². The summed E-state index contributed by atoms with van der Waals surface area (Å²) in [6.45, 7) is 0. The molecule has 0 saturated carbocycles. The van der Waals surface area contributed by atoms with E-state index in [0.29, 0.717) is 16.5 Å². The SMILES string of the molecule is COc1ccc(NC(=O)c2cnoc2-c2ccc(F)c(F)c2)cc1Cl. The van der Waals surface area contributed by atoms with Gasteiger partial charge in [-0.2, -0.15) is 0 Å². The van der Waals surface area contributed by atoms with Gasteiger partial charge in [0, 0.05) is 11.3 Å². The van der Waals surface area contributed by atoms with Gasteiger partial charge in [0.25, 0.3) is 5.91 Å². The fraction of sp³-hybridized carbons (Fsp3) is 0.0588. The number of nitrogens with zero attached hydrogens (tertiary/aromatic N) is 1. The first kappa shape index (κ1) is 16.9. The number of halogens is 3. The average molecular weight is 365 g/mol. The molecule has 0 fully saturated rings. The minimum absolute atomic E-state index is 0.0241. The molecule has 0 saturated heterocycles. The van der Waals surface area contributed by atoms with Gasteiger partial charge in [-0.1, -0.05) is 16.8 Å². The second-order valence-corrected chi connectivity index (χ2v) is 5.41. The van der Waals surface area contributed by atoms with Gasteiger partial charge in [0.15, 0.2) is 17.4 Å². The molecule has 0 atom stereocenters. The van der Waals surface area contributed by atoms with Gasteiger partial charge in [-0.05, 0) is 36.4 Å². The van der Waals surface area contributed by atoms with Crippen LogP contribution in [-0.2, 0) is 0 Å². The summed E-state index contributed by atoms with van der Waals surface area (Å²) in [5.74, 6) is -2.10. The topological polar surface area (TPSA) is 64.4 Å². The Kier molecular flexibility index (Phi) is 4.67. The molecule has 1 N–H and O–H groups in total. The Balaban J connectivity index is 1.87. The minimum Gasteiger partial charge on any atom is -0.495 e. The molecule has 3 aromatic rings. The van der Waals surface area contributed by atoms with Crippen LogP contribution in [0.5, 0.6) is 5.75 Å². The quantitative estimate of drug-likeness (QED) is 0.738. The molecule has 25 heavy (non-hydrogen) atoms. The highest BCUT2D eigenvalue weighted by atomic mass is 35.5. The third kappa shape index (κ3) is 3.46. The maximum Gasteiger partial charge on any atom is 0.261 e. The summed E-state index contributed by atoms with van der Waals surface area (Å²) < 4.78 is 36.5. The van der Waals surface area contributed by atoms with Gasteiger partial charge >= 0.3 is 0 Å². The number of nitrogens with one attached hydrogen (secondary N) is 1. The molecule has 0 unspecified atom stereocenters. The van der Waals surface area contributed by atoms with Crippen molar-refractivity contribution in [2.75, 3.05) is 12.4 Å². The number of aromatic nitrogens is 1. The molecular formula is C17H11ClF2N2O3. The summed E-state index contributed by atoms with van der Waals surface area (Å²) in [6.07, 6.45) is 1.19. The van der Waals surface area contributed by atoms with Crippen molar-refractivity contribution in [1.29, 1.82) is 0 Å². The molecule has 3 rings (SSSR count). The van der Waals surface area contributed by atoms with Crippen LogP contribution in [0.25, 0.3) is 11.3 Å². The highest BCUT2D eigenvalue weighted by Crippen LogP contribution is 2.29. The van der Waals surface area contributed by atoms with Gasteiger partial charge < -0.3 is 14.6 Å². The smallest absolute Gasteiger partial charge is 0.261 e. The Labute approximate surface area is 146 Å². The number of methoxy groups -OCH3 is 1. The maximum atomic E-state index is 13.4. The van der Waals surface area contributed by atoms with E-state index in [4.69, 9.17) is 20.9 Å². The average Bonchev–Trinajstić information content (AvgIpc) is 3.07. The highest BCUT2D eigenvalue weighted by molar-refractivity contribution is 6.32. The first-order valence-electron chi connectivity index (χ1n) is 7.04. The van der Waals surface area contributed by atoms with Crippen molar-refractivity contribution in [3.63, 3.8) is 0 Å². The Morgan fingerprint density at radius 1 is 1.20 bits per heavy atom. The number of anilines is 1. The molecule has 0 aliphatic heterocycles. The van der Waals surface area contributed by atoms with Crippen LogP contribution >= 0.6 is 11.6 Å². The van der Waals surface area contributed by atoms with E-state index in [1.807, 2.05) is 0 Å². The first-order chi connectivity index (χ1) is 12.0. The van der Waals surface area contributed by atoms with Crippen LogP contribution in [0.3, 0.4) is 0 Å². The largest absolute Gasteiger partial charge is 0.495 e. The van der Waals surface area contributed by atoms with Gasteiger partial charge in [-0.3, -0.25) is 4.79 Å². The predicted octanol–water partition coefficient (Wildman–Crippen LogP) is 4.53. The Bertz CT molecular complexity index is 943. The number of carbonyl (C=O) groups excluding carboxylic acids is 1. The van der Waals surface area contributed by atoms with E-state index < -0.39 is 17.5 Å². The number of hydrogen-bond acceptors (Lipinski definition) is 4. The van der Waals surface area contributed by atoms with E-state index in [0.717, 1.165) is 12.1 Å². The van der Waals surface area contributed by atoms with Crippen molar-refractivity contribution in [2.24, 2.45) is 0 Å². The fourth-order valence-electron chi connectivity index (χ4n) is 2.19. The van der Waals surface area contributed by atoms with Crippen LogP contribution in [0.15, 0.2) is 47.1 Å². The zero-order valence-corrected chi connectivity index (χ0v) is 13.6. The molecule has 0 bridgehead atoms. The molecule has 128 valence electrons. The molecule has 1 heterocycles. The van der Waals surface area contributed by atoms with E-state index in [-0.39, 0.29) is 16.9 Å². The molecule has 0 aliphatic carbocycles. The number of carbonyl (C=O) groups is 1. The Morgan fingerprint density at radius 3 is 2.68 bits per heavy atom. The summed E-state index contributed by atoms with van der Waals surface area (Å²) in [5, 5.41) is 6.51. The monoisotopic (exact) mass is 364 g/mol. The van der Waals surface area contributed by atoms with Gasteiger partial charge in [0.05, 0.1) is 18.3 Å². The van der Waals surface area contributed by atoms with Gasteiger partial charge in [0.1, 0.15) is 11.3 Å². The molecule has 0 aliphatic rings. The normalized spacial score (nSPS) is 10.6. The van der Waals surface area contributed by atoms with Crippen molar-refractivity contribution in [3.05, 3.63) is 64.8 Å². The number of ether oxygens (including phenoxy) is 1. The molecule has 0 radical (unpaired) electrons. The van der Waals surface area contributed by atoms with E-state index >= 15 is 0 Å². The summed E-state index contributed by atoms with van der Waals surface area (Å²) in [7, 11) is 1.48. The van der Waals surface area contributed by atoms with Gasteiger partial charge in [0.2, 0.25) is 0 Å². The molecule has 1 aromatic heterocycles. The second kappa shape index (κ2) is 6.90. The first-order valence-corrected chi connectivity index (χ1v) is 7.42. The highest BCUT2D eigenvalue weighted by Gasteiger charge is 2.19. The molecule has 1 amide bonds. The third-order valence-electron chi connectivity index (χ3n) is 3.41. The minimum atomic E-state index is -1.05. The standard InChI is InChI=1S/C17H11ClF2N2O3/c1-24-15-5-3-10(7-12(15)18)22-17(23)11-8-21-25-16(11)9-2-4-13(19)14(20)6-9/h2-8H,1H3,(H,22,23). The van der Waals surface area contributed by atoms with Crippen molar-refractivity contribution in [1.82, 2.24) is 5.16 Å². The second-order valence-electron chi connectivity index (χ2n) is 5.00. The maximum absolute atomic E-state index is 13.4. The van der Waals surface area contributed by atoms with E-state index in [1.165, 1.54) is 25.4 Å². The van der Waals surface area contributed by atoms with Crippen molar-refractivity contribution >= 4 is 23.2 Å². The van der Waals surface area contributed by atoms with Crippen LogP contribution in [0, 0.1) is 11.6 Å². The predicted molar refractivity (Wildman–Crippen MR) is 87.8 cm³/mol.